The normalized spacial score (nSPS) is 29.9. The molecule has 2 atom stereocenters. The van der Waals surface area contributed by atoms with Gasteiger partial charge in [0, 0.05) is 19.0 Å². The molecule has 14 heavy (non-hydrogen) atoms. The number of likely N-dealkylation sites (tertiary alicyclic amines) is 1. The standard InChI is InChI=1S/C11H20N2O/c1-9(2)13-7-4-10(3-6-12)11(14)5-8-13/h9-11,14H,3-5,7-8H2,1-2H3. The van der Waals surface area contributed by atoms with Crippen molar-refractivity contribution in [2.45, 2.75) is 45.3 Å². The number of hydrogen-bond donors (Lipinski definition) is 1. The maximum absolute atomic E-state index is 9.80. The van der Waals surface area contributed by atoms with Gasteiger partial charge in [-0.1, -0.05) is 0 Å². The Bertz CT molecular complexity index is 210. The lowest BCUT2D eigenvalue weighted by molar-refractivity contribution is 0.105. The van der Waals surface area contributed by atoms with Crippen LogP contribution in [0.1, 0.15) is 33.1 Å². The molecule has 1 saturated heterocycles. The van der Waals surface area contributed by atoms with Crippen molar-refractivity contribution in [3.63, 3.8) is 0 Å². The molecular weight excluding hydrogens is 176 g/mol. The summed E-state index contributed by atoms with van der Waals surface area (Å²) in [4.78, 5) is 2.38. The molecule has 3 heteroatoms. The Morgan fingerprint density at radius 2 is 2.07 bits per heavy atom. The van der Waals surface area contributed by atoms with Crippen LogP contribution in [0.2, 0.25) is 0 Å². The van der Waals surface area contributed by atoms with Gasteiger partial charge in [-0.05, 0) is 39.2 Å². The molecule has 2 unspecified atom stereocenters. The highest BCUT2D eigenvalue weighted by Gasteiger charge is 2.25. The average Bonchev–Trinajstić information content (AvgIpc) is 2.30. The third-order valence-corrected chi connectivity index (χ3v) is 3.13. The monoisotopic (exact) mass is 196 g/mol. The Morgan fingerprint density at radius 3 is 2.64 bits per heavy atom. The summed E-state index contributed by atoms with van der Waals surface area (Å²) in [6.07, 6.45) is 1.98. The van der Waals surface area contributed by atoms with Gasteiger partial charge in [0.2, 0.25) is 0 Å². The Balaban J connectivity index is 2.50. The van der Waals surface area contributed by atoms with Crippen LogP contribution in [0, 0.1) is 17.2 Å². The summed E-state index contributed by atoms with van der Waals surface area (Å²) in [6.45, 7) is 6.33. The van der Waals surface area contributed by atoms with Gasteiger partial charge in [0.05, 0.1) is 12.2 Å². The average molecular weight is 196 g/mol. The van der Waals surface area contributed by atoms with Crippen LogP contribution in [-0.2, 0) is 0 Å². The van der Waals surface area contributed by atoms with Crippen molar-refractivity contribution in [2.24, 2.45) is 5.92 Å². The Labute approximate surface area is 86.3 Å². The molecular formula is C11H20N2O. The van der Waals surface area contributed by atoms with Crippen molar-refractivity contribution in [2.75, 3.05) is 13.1 Å². The van der Waals surface area contributed by atoms with E-state index in [0.717, 1.165) is 25.9 Å². The number of nitriles is 1. The van der Waals surface area contributed by atoms with Crippen molar-refractivity contribution < 1.29 is 5.11 Å². The van der Waals surface area contributed by atoms with Gasteiger partial charge in [0.25, 0.3) is 0 Å². The van der Waals surface area contributed by atoms with Gasteiger partial charge in [-0.2, -0.15) is 5.26 Å². The molecule has 0 aromatic rings. The Morgan fingerprint density at radius 1 is 1.43 bits per heavy atom. The van der Waals surface area contributed by atoms with E-state index in [1.54, 1.807) is 0 Å². The maximum atomic E-state index is 9.80. The van der Waals surface area contributed by atoms with Gasteiger partial charge in [0.15, 0.2) is 0 Å². The van der Waals surface area contributed by atoms with Crippen molar-refractivity contribution in [1.29, 1.82) is 5.26 Å². The molecule has 1 aliphatic rings. The van der Waals surface area contributed by atoms with Gasteiger partial charge in [-0.15, -0.1) is 0 Å². The van der Waals surface area contributed by atoms with Gasteiger partial charge in [0.1, 0.15) is 0 Å². The first-order valence-electron chi connectivity index (χ1n) is 5.44. The van der Waals surface area contributed by atoms with Crippen LogP contribution in [0.4, 0.5) is 0 Å². The topological polar surface area (TPSA) is 47.3 Å². The van der Waals surface area contributed by atoms with E-state index in [4.69, 9.17) is 5.26 Å². The molecule has 1 fully saturated rings. The minimum atomic E-state index is -0.279. The molecule has 0 radical (unpaired) electrons. The van der Waals surface area contributed by atoms with E-state index in [-0.39, 0.29) is 12.0 Å². The summed E-state index contributed by atoms with van der Waals surface area (Å²) in [7, 11) is 0. The lowest BCUT2D eigenvalue weighted by Crippen LogP contribution is -2.31. The zero-order valence-electron chi connectivity index (χ0n) is 9.11. The number of hydrogen-bond acceptors (Lipinski definition) is 3. The van der Waals surface area contributed by atoms with E-state index >= 15 is 0 Å². The number of aliphatic hydroxyl groups excluding tert-OH is 1. The fourth-order valence-electron chi connectivity index (χ4n) is 2.04. The molecule has 80 valence electrons. The zero-order valence-corrected chi connectivity index (χ0v) is 9.11. The third-order valence-electron chi connectivity index (χ3n) is 3.13. The van der Waals surface area contributed by atoms with E-state index < -0.39 is 0 Å². The molecule has 0 spiro atoms. The van der Waals surface area contributed by atoms with Gasteiger partial charge in [-0.25, -0.2) is 0 Å². The lowest BCUT2D eigenvalue weighted by Gasteiger charge is -2.24. The highest BCUT2D eigenvalue weighted by Crippen LogP contribution is 2.21. The van der Waals surface area contributed by atoms with Crippen molar-refractivity contribution in [1.82, 2.24) is 4.90 Å². The largest absolute Gasteiger partial charge is 0.393 e. The van der Waals surface area contributed by atoms with Crippen molar-refractivity contribution in [3.05, 3.63) is 0 Å². The third kappa shape index (κ3) is 2.97. The van der Waals surface area contributed by atoms with Crippen LogP contribution >= 0.6 is 0 Å². The van der Waals surface area contributed by atoms with Crippen molar-refractivity contribution in [3.8, 4) is 6.07 Å². The lowest BCUT2D eigenvalue weighted by atomic mass is 9.95. The summed E-state index contributed by atoms with van der Waals surface area (Å²) < 4.78 is 0. The summed E-state index contributed by atoms with van der Waals surface area (Å²) in [5.41, 5.74) is 0. The molecule has 1 aliphatic heterocycles. The quantitative estimate of drug-likeness (QED) is 0.726. The first-order chi connectivity index (χ1) is 6.65. The number of aliphatic hydroxyl groups is 1. The minimum Gasteiger partial charge on any atom is -0.393 e. The first-order valence-corrected chi connectivity index (χ1v) is 5.44. The summed E-state index contributed by atoms with van der Waals surface area (Å²) in [6, 6.07) is 2.71. The second-order valence-corrected chi connectivity index (χ2v) is 4.40. The molecule has 0 bridgehead atoms. The van der Waals surface area contributed by atoms with Crippen LogP contribution in [0.5, 0.6) is 0 Å². The minimum absolute atomic E-state index is 0.184. The SMILES string of the molecule is CC(C)N1CCC(O)C(CC#N)CC1. The van der Waals surface area contributed by atoms with Gasteiger partial charge < -0.3 is 10.0 Å². The second-order valence-electron chi connectivity index (χ2n) is 4.40. The van der Waals surface area contributed by atoms with Crippen molar-refractivity contribution >= 4 is 0 Å². The molecule has 0 aliphatic carbocycles. The molecule has 1 heterocycles. The molecule has 3 nitrogen and oxygen atoms in total. The van der Waals surface area contributed by atoms with Crippen LogP contribution in [0.3, 0.4) is 0 Å². The zero-order chi connectivity index (χ0) is 10.6. The summed E-state index contributed by atoms with van der Waals surface area (Å²) in [5.74, 6) is 0.184. The highest BCUT2D eigenvalue weighted by atomic mass is 16.3. The predicted molar refractivity (Wildman–Crippen MR) is 55.7 cm³/mol. The fraction of sp³-hybridized carbons (Fsp3) is 0.909. The molecule has 1 N–H and O–H groups in total. The van der Waals surface area contributed by atoms with Gasteiger partial charge >= 0.3 is 0 Å². The molecule has 0 saturated carbocycles. The van der Waals surface area contributed by atoms with Crippen LogP contribution in [0.15, 0.2) is 0 Å². The van der Waals surface area contributed by atoms with Gasteiger partial charge in [-0.3, -0.25) is 0 Å². The van der Waals surface area contributed by atoms with Crippen LogP contribution < -0.4 is 0 Å². The predicted octanol–water partition coefficient (Wildman–Crippen LogP) is 1.38. The van der Waals surface area contributed by atoms with Crippen LogP contribution in [-0.4, -0.2) is 35.2 Å². The van der Waals surface area contributed by atoms with E-state index in [1.165, 1.54) is 0 Å². The number of rotatable bonds is 2. The number of nitrogens with zero attached hydrogens (tertiary/aromatic N) is 2. The van der Waals surface area contributed by atoms with Crippen LogP contribution in [0.25, 0.3) is 0 Å². The van der Waals surface area contributed by atoms with E-state index in [1.807, 2.05) is 0 Å². The smallest absolute Gasteiger partial charge is 0.0625 e. The first kappa shape index (κ1) is 11.5. The molecule has 0 amide bonds. The Hall–Kier alpha value is -0.590. The maximum Gasteiger partial charge on any atom is 0.0625 e. The van der Waals surface area contributed by atoms with E-state index in [0.29, 0.717) is 12.5 Å². The fourth-order valence-corrected chi connectivity index (χ4v) is 2.04. The molecule has 0 aromatic carbocycles. The molecule has 1 rings (SSSR count). The summed E-state index contributed by atoms with van der Waals surface area (Å²) >= 11 is 0. The highest BCUT2D eigenvalue weighted by molar-refractivity contribution is 4.84. The molecule has 0 aromatic heterocycles. The van der Waals surface area contributed by atoms with E-state index in [2.05, 4.69) is 24.8 Å². The second kappa shape index (κ2) is 5.33. The van der Waals surface area contributed by atoms with E-state index in [9.17, 15) is 5.11 Å². The Kier molecular flexibility index (Phi) is 4.37. The summed E-state index contributed by atoms with van der Waals surface area (Å²) in [5, 5.41) is 18.4.